The Hall–Kier alpha value is -7.16. The summed E-state index contributed by atoms with van der Waals surface area (Å²) < 4.78 is 49.8. The number of benzene rings is 9. The second-order valence-corrected chi connectivity index (χ2v) is 14.0. The standard InChI is InChI=1S/C53H35NO/c1-5-18-36(19-6-1)41-29-17-31-50-51(41)46-35-49(44-27-13-14-28-45(44)52(46)55-50)54(39-24-11-4-12-25-39)40-32-33-43-42-26-15-16-30-47(42)53(48(43)34-40,37-20-7-2-8-21-37)38-22-9-3-10-23-38/h1-35H/i1D,5D,6D,18D,19D. The van der Waals surface area contributed by atoms with Crippen LogP contribution in [0.25, 0.3) is 55.0 Å². The molecule has 2 heteroatoms. The van der Waals surface area contributed by atoms with Gasteiger partial charge in [-0.3, -0.25) is 0 Å². The number of nitrogens with zero attached hydrogens (tertiary/aromatic N) is 1. The monoisotopic (exact) mass is 706 g/mol. The average molecular weight is 707 g/mol. The summed E-state index contributed by atoms with van der Waals surface area (Å²) in [7, 11) is 0. The summed E-state index contributed by atoms with van der Waals surface area (Å²) >= 11 is 0. The van der Waals surface area contributed by atoms with Gasteiger partial charge in [-0.05, 0) is 80.9 Å². The maximum atomic E-state index is 8.93. The van der Waals surface area contributed by atoms with E-state index in [-0.39, 0.29) is 29.7 Å². The maximum absolute atomic E-state index is 8.93. The van der Waals surface area contributed by atoms with Gasteiger partial charge in [-0.25, -0.2) is 0 Å². The Morgan fingerprint density at radius 2 is 1.07 bits per heavy atom. The van der Waals surface area contributed by atoms with Gasteiger partial charge in [0.15, 0.2) is 0 Å². The Balaban J connectivity index is 1.23. The zero-order valence-corrected chi connectivity index (χ0v) is 29.7. The Morgan fingerprint density at radius 1 is 0.455 bits per heavy atom. The van der Waals surface area contributed by atoms with Crippen molar-refractivity contribution in [2.45, 2.75) is 5.41 Å². The molecule has 0 saturated carbocycles. The highest BCUT2D eigenvalue weighted by atomic mass is 16.3. The Morgan fingerprint density at radius 3 is 1.82 bits per heavy atom. The molecule has 10 aromatic rings. The minimum absolute atomic E-state index is 0.139. The largest absolute Gasteiger partial charge is 0.455 e. The average Bonchev–Trinajstić information content (AvgIpc) is 3.83. The summed E-state index contributed by atoms with van der Waals surface area (Å²) in [5.74, 6) is 0. The van der Waals surface area contributed by atoms with E-state index in [2.05, 4.69) is 138 Å². The van der Waals surface area contributed by atoms with Crippen LogP contribution in [0.1, 0.15) is 29.1 Å². The van der Waals surface area contributed by atoms with E-state index < -0.39 is 11.5 Å². The van der Waals surface area contributed by atoms with Crippen molar-refractivity contribution in [3.63, 3.8) is 0 Å². The second kappa shape index (κ2) is 12.5. The fourth-order valence-corrected chi connectivity index (χ4v) is 8.98. The molecule has 1 aliphatic carbocycles. The summed E-state index contributed by atoms with van der Waals surface area (Å²) in [5, 5.41) is 3.32. The molecule has 0 saturated heterocycles. The van der Waals surface area contributed by atoms with Crippen LogP contribution in [-0.4, -0.2) is 0 Å². The van der Waals surface area contributed by atoms with Crippen LogP contribution in [0, 0.1) is 0 Å². The third-order valence-corrected chi connectivity index (χ3v) is 11.2. The van der Waals surface area contributed by atoms with E-state index in [1.165, 1.54) is 33.4 Å². The van der Waals surface area contributed by atoms with Gasteiger partial charge in [0.1, 0.15) is 11.2 Å². The lowest BCUT2D eigenvalue weighted by molar-refractivity contribution is 0.673. The van der Waals surface area contributed by atoms with E-state index in [1.807, 2.05) is 48.5 Å². The first-order valence-electron chi connectivity index (χ1n) is 21.0. The quantitative estimate of drug-likeness (QED) is 0.171. The van der Waals surface area contributed by atoms with Crippen LogP contribution in [0.15, 0.2) is 217 Å². The van der Waals surface area contributed by atoms with Crippen molar-refractivity contribution in [2.75, 3.05) is 4.90 Å². The third kappa shape index (κ3) is 4.68. The topological polar surface area (TPSA) is 16.4 Å². The number of hydrogen-bond acceptors (Lipinski definition) is 2. The van der Waals surface area contributed by atoms with Crippen LogP contribution in [0.4, 0.5) is 17.1 Å². The van der Waals surface area contributed by atoms with Gasteiger partial charge < -0.3 is 9.32 Å². The number of anilines is 3. The summed E-state index contributed by atoms with van der Waals surface area (Å²) in [6, 6.07) is 61.7. The molecule has 0 radical (unpaired) electrons. The highest BCUT2D eigenvalue weighted by Gasteiger charge is 2.46. The first kappa shape index (κ1) is 26.6. The maximum Gasteiger partial charge on any atom is 0.143 e. The van der Waals surface area contributed by atoms with E-state index >= 15 is 0 Å². The van der Waals surface area contributed by atoms with Gasteiger partial charge in [0, 0.05) is 32.9 Å². The van der Waals surface area contributed by atoms with Gasteiger partial charge in [-0.1, -0.05) is 176 Å². The smallest absolute Gasteiger partial charge is 0.143 e. The van der Waals surface area contributed by atoms with E-state index in [1.54, 1.807) is 0 Å². The predicted octanol–water partition coefficient (Wildman–Crippen LogP) is 14.2. The van der Waals surface area contributed by atoms with Crippen molar-refractivity contribution in [1.29, 1.82) is 0 Å². The van der Waals surface area contributed by atoms with Gasteiger partial charge >= 0.3 is 0 Å². The number of fused-ring (bicyclic) bond motifs is 8. The molecule has 1 aromatic heterocycles. The van der Waals surface area contributed by atoms with Crippen LogP contribution in [0.3, 0.4) is 0 Å². The van der Waals surface area contributed by atoms with Crippen molar-refractivity contribution in [2.24, 2.45) is 0 Å². The number of para-hydroxylation sites is 1. The van der Waals surface area contributed by atoms with Crippen LogP contribution in [-0.2, 0) is 5.41 Å². The number of hydrogen-bond donors (Lipinski definition) is 0. The van der Waals surface area contributed by atoms with Gasteiger partial charge in [0.2, 0.25) is 0 Å². The summed E-state index contributed by atoms with van der Waals surface area (Å²) in [4.78, 5) is 2.30. The van der Waals surface area contributed by atoms with Crippen molar-refractivity contribution in [1.82, 2.24) is 0 Å². The Kier molecular flexibility index (Phi) is 6.03. The SMILES string of the molecule is [2H]c1c([2H])c([2H])c(-c2cccc3oc4c5ccccc5c(N(c5ccccc5)c5ccc6c(c5)C(c5ccccc5)(c5ccccc5)c5ccccc5-6)cc4c23)c([2H])c1[2H]. The molecule has 0 aliphatic heterocycles. The van der Waals surface area contributed by atoms with Crippen LogP contribution >= 0.6 is 0 Å². The first-order valence-corrected chi connectivity index (χ1v) is 18.5. The van der Waals surface area contributed by atoms with Crippen LogP contribution in [0.5, 0.6) is 0 Å². The van der Waals surface area contributed by atoms with Crippen molar-refractivity contribution in [3.8, 4) is 22.3 Å². The molecule has 55 heavy (non-hydrogen) atoms. The van der Waals surface area contributed by atoms with E-state index in [9.17, 15) is 0 Å². The fourth-order valence-electron chi connectivity index (χ4n) is 8.98. The molecule has 0 N–H and O–H groups in total. The minimum atomic E-state index is -0.599. The predicted molar refractivity (Wildman–Crippen MR) is 229 cm³/mol. The second-order valence-electron chi connectivity index (χ2n) is 14.0. The first-order chi connectivity index (χ1) is 29.4. The van der Waals surface area contributed by atoms with E-state index in [0.717, 1.165) is 33.2 Å². The van der Waals surface area contributed by atoms with Gasteiger partial charge in [0.25, 0.3) is 0 Å². The lowest BCUT2D eigenvalue weighted by atomic mass is 9.67. The summed E-state index contributed by atoms with van der Waals surface area (Å²) in [6.07, 6.45) is 0. The zero-order chi connectivity index (χ0) is 40.7. The van der Waals surface area contributed by atoms with E-state index in [4.69, 9.17) is 11.3 Å². The molecule has 0 atom stereocenters. The highest BCUT2D eigenvalue weighted by Crippen LogP contribution is 2.57. The van der Waals surface area contributed by atoms with Gasteiger partial charge in [-0.2, -0.15) is 0 Å². The van der Waals surface area contributed by atoms with Crippen molar-refractivity contribution >= 4 is 49.8 Å². The number of furan rings is 1. The molecule has 2 nitrogen and oxygen atoms in total. The molecule has 1 aliphatic rings. The Bertz CT molecular complexity index is 3260. The summed E-state index contributed by atoms with van der Waals surface area (Å²) in [5.41, 5.74) is 11.3. The molecule has 0 spiro atoms. The minimum Gasteiger partial charge on any atom is -0.455 e. The summed E-state index contributed by atoms with van der Waals surface area (Å²) in [6.45, 7) is 0. The van der Waals surface area contributed by atoms with Crippen molar-refractivity contribution < 1.29 is 11.3 Å². The molecule has 11 rings (SSSR count). The lowest BCUT2D eigenvalue weighted by Gasteiger charge is -2.35. The molecule has 258 valence electrons. The van der Waals surface area contributed by atoms with Crippen LogP contribution in [0.2, 0.25) is 0 Å². The van der Waals surface area contributed by atoms with Gasteiger partial charge in [0.05, 0.1) is 18.0 Å². The fraction of sp³-hybridized carbons (Fsp3) is 0.0189. The molecular weight excluding hydrogens is 667 g/mol. The van der Waals surface area contributed by atoms with Crippen molar-refractivity contribution in [3.05, 3.63) is 234 Å². The molecule has 0 unspecified atom stereocenters. The van der Waals surface area contributed by atoms with Crippen LogP contribution < -0.4 is 4.90 Å². The molecular formula is C53H35NO. The Labute approximate surface area is 327 Å². The normalized spacial score (nSPS) is 14.1. The molecule has 9 aromatic carbocycles. The molecule has 1 heterocycles. The lowest BCUT2D eigenvalue weighted by Crippen LogP contribution is -2.28. The zero-order valence-electron chi connectivity index (χ0n) is 34.7. The molecule has 0 bridgehead atoms. The van der Waals surface area contributed by atoms with Gasteiger partial charge in [-0.15, -0.1) is 0 Å². The highest BCUT2D eigenvalue weighted by molar-refractivity contribution is 6.22. The molecule has 0 amide bonds. The third-order valence-electron chi connectivity index (χ3n) is 11.2. The number of rotatable bonds is 6. The van der Waals surface area contributed by atoms with E-state index in [0.29, 0.717) is 22.1 Å². The molecule has 0 fully saturated rings.